The number of hydrogen-bond donors (Lipinski definition) is 0. The van der Waals surface area contributed by atoms with E-state index in [0.29, 0.717) is 17.0 Å². The first-order valence-electron chi connectivity index (χ1n) is 6.83. The number of allylic oxidation sites excluding steroid dienone is 1. The van der Waals surface area contributed by atoms with Crippen LogP contribution in [-0.2, 0) is 15.5 Å². The highest BCUT2D eigenvalue weighted by atomic mass is 19.3. The predicted octanol–water partition coefficient (Wildman–Crippen LogP) is 4.22. The molecule has 1 aromatic carbocycles. The summed E-state index contributed by atoms with van der Waals surface area (Å²) in [6.45, 7) is 5.02. The molecule has 0 saturated heterocycles. The van der Waals surface area contributed by atoms with Gasteiger partial charge in [0, 0.05) is 23.2 Å². The van der Waals surface area contributed by atoms with Crippen molar-refractivity contribution in [1.82, 2.24) is 4.98 Å². The molecule has 0 aliphatic heterocycles. The Morgan fingerprint density at radius 3 is 2.59 bits per heavy atom. The molecule has 0 amide bonds. The van der Waals surface area contributed by atoms with E-state index < -0.39 is 17.5 Å². The van der Waals surface area contributed by atoms with Crippen molar-refractivity contribution in [2.45, 2.75) is 32.3 Å². The van der Waals surface area contributed by atoms with Crippen LogP contribution < -0.4 is 0 Å². The van der Waals surface area contributed by atoms with E-state index in [1.165, 1.54) is 12.1 Å². The summed E-state index contributed by atoms with van der Waals surface area (Å²) in [7, 11) is 0. The van der Waals surface area contributed by atoms with Crippen LogP contribution in [0, 0.1) is 0 Å². The molecular formula is C17H17F2NO2. The summed E-state index contributed by atoms with van der Waals surface area (Å²) >= 11 is 0. The predicted molar refractivity (Wildman–Crippen MR) is 80.6 cm³/mol. The first kappa shape index (κ1) is 16.1. The second kappa shape index (κ2) is 5.83. The van der Waals surface area contributed by atoms with Crippen molar-refractivity contribution in [2.24, 2.45) is 0 Å². The number of pyridine rings is 1. The van der Waals surface area contributed by atoms with Crippen molar-refractivity contribution in [3.05, 3.63) is 54.2 Å². The molecule has 3 nitrogen and oxygen atoms in total. The van der Waals surface area contributed by atoms with Crippen LogP contribution >= 0.6 is 0 Å². The number of carbonyl (C=O) groups is 1. The maximum Gasteiger partial charge on any atom is 0.331 e. The Hall–Kier alpha value is -2.30. The highest BCUT2D eigenvalue weighted by molar-refractivity contribution is 5.84. The van der Waals surface area contributed by atoms with Crippen molar-refractivity contribution in [1.29, 1.82) is 0 Å². The van der Waals surface area contributed by atoms with Gasteiger partial charge in [0.15, 0.2) is 0 Å². The minimum atomic E-state index is -3.29. The largest absolute Gasteiger partial charge is 0.457 e. The Balaban J connectivity index is 2.31. The SMILES string of the molecule is CC(C)(C)OC(=O)/C=C/C(F)(F)c1cccc2ncccc12. The van der Waals surface area contributed by atoms with Crippen molar-refractivity contribution in [2.75, 3.05) is 0 Å². The molecule has 116 valence electrons. The van der Waals surface area contributed by atoms with E-state index in [9.17, 15) is 13.6 Å². The van der Waals surface area contributed by atoms with E-state index in [0.717, 1.165) is 6.08 Å². The lowest BCUT2D eigenvalue weighted by atomic mass is 10.0. The molecule has 22 heavy (non-hydrogen) atoms. The van der Waals surface area contributed by atoms with Gasteiger partial charge in [0.2, 0.25) is 0 Å². The second-order valence-corrected chi connectivity index (χ2v) is 5.87. The summed E-state index contributed by atoms with van der Waals surface area (Å²) in [5, 5.41) is 0.351. The number of benzene rings is 1. The van der Waals surface area contributed by atoms with Gasteiger partial charge in [0.1, 0.15) is 5.60 Å². The third kappa shape index (κ3) is 3.87. The first-order chi connectivity index (χ1) is 10.2. The zero-order valence-electron chi connectivity index (χ0n) is 12.6. The van der Waals surface area contributed by atoms with Crippen LogP contribution in [-0.4, -0.2) is 16.6 Å². The highest BCUT2D eigenvalue weighted by Gasteiger charge is 2.30. The fraction of sp³-hybridized carbons (Fsp3) is 0.294. The van der Waals surface area contributed by atoms with Crippen molar-refractivity contribution in [3.63, 3.8) is 0 Å². The first-order valence-corrected chi connectivity index (χ1v) is 6.83. The molecule has 0 saturated carbocycles. The smallest absolute Gasteiger partial charge is 0.331 e. The van der Waals surface area contributed by atoms with Gasteiger partial charge in [0.05, 0.1) is 5.52 Å². The Morgan fingerprint density at radius 1 is 1.18 bits per heavy atom. The van der Waals surface area contributed by atoms with Gasteiger partial charge >= 0.3 is 5.97 Å². The highest BCUT2D eigenvalue weighted by Crippen LogP contribution is 2.34. The lowest BCUT2D eigenvalue weighted by molar-refractivity contribution is -0.148. The third-order valence-electron chi connectivity index (χ3n) is 2.84. The summed E-state index contributed by atoms with van der Waals surface area (Å²) < 4.78 is 33.7. The van der Waals surface area contributed by atoms with Gasteiger partial charge in [-0.2, -0.15) is 8.78 Å². The minimum absolute atomic E-state index is 0.196. The van der Waals surface area contributed by atoms with Gasteiger partial charge in [-0.15, -0.1) is 0 Å². The molecule has 0 unspecified atom stereocenters. The normalized spacial score (nSPS) is 12.8. The van der Waals surface area contributed by atoms with Crippen LogP contribution in [0.25, 0.3) is 10.9 Å². The number of alkyl halides is 2. The van der Waals surface area contributed by atoms with Crippen LogP contribution in [0.4, 0.5) is 8.78 Å². The van der Waals surface area contributed by atoms with E-state index in [-0.39, 0.29) is 5.56 Å². The molecule has 0 radical (unpaired) electrons. The van der Waals surface area contributed by atoms with Gasteiger partial charge < -0.3 is 4.74 Å². The van der Waals surface area contributed by atoms with E-state index >= 15 is 0 Å². The Kier molecular flexibility index (Phi) is 4.26. The summed E-state index contributed by atoms with van der Waals surface area (Å²) in [6.07, 6.45) is 2.87. The molecule has 1 heterocycles. The molecule has 0 aliphatic carbocycles. The van der Waals surface area contributed by atoms with Gasteiger partial charge in [-0.25, -0.2) is 4.79 Å². The van der Waals surface area contributed by atoms with E-state index in [1.807, 2.05) is 0 Å². The molecule has 0 aliphatic rings. The lowest BCUT2D eigenvalue weighted by Crippen LogP contribution is -2.23. The van der Waals surface area contributed by atoms with Crippen molar-refractivity contribution in [3.8, 4) is 0 Å². The quantitative estimate of drug-likeness (QED) is 0.629. The maximum atomic E-state index is 14.4. The van der Waals surface area contributed by atoms with Crippen LogP contribution in [0.3, 0.4) is 0 Å². The van der Waals surface area contributed by atoms with Crippen LogP contribution in [0.5, 0.6) is 0 Å². The average Bonchev–Trinajstić information content (AvgIpc) is 2.43. The summed E-state index contributed by atoms with van der Waals surface area (Å²) in [6, 6.07) is 7.67. The molecule has 2 rings (SSSR count). The fourth-order valence-corrected chi connectivity index (χ4v) is 1.99. The number of ether oxygens (including phenoxy) is 1. The number of rotatable bonds is 3. The number of hydrogen-bond acceptors (Lipinski definition) is 3. The zero-order valence-corrected chi connectivity index (χ0v) is 12.6. The minimum Gasteiger partial charge on any atom is -0.457 e. The second-order valence-electron chi connectivity index (χ2n) is 5.87. The van der Waals surface area contributed by atoms with Crippen LogP contribution in [0.15, 0.2) is 48.7 Å². The number of esters is 1. The van der Waals surface area contributed by atoms with Gasteiger partial charge in [-0.1, -0.05) is 18.2 Å². The van der Waals surface area contributed by atoms with E-state index in [1.54, 1.807) is 45.2 Å². The number of carbonyl (C=O) groups excluding carboxylic acids is 1. The fourth-order valence-electron chi connectivity index (χ4n) is 1.99. The van der Waals surface area contributed by atoms with Gasteiger partial charge in [0.25, 0.3) is 5.92 Å². The lowest BCUT2D eigenvalue weighted by Gasteiger charge is -2.18. The topological polar surface area (TPSA) is 39.2 Å². The molecular weight excluding hydrogens is 288 g/mol. The zero-order chi connectivity index (χ0) is 16.4. The number of nitrogens with zero attached hydrogens (tertiary/aromatic N) is 1. The standard InChI is InChI=1S/C17H17F2NO2/c1-16(2,3)22-15(21)9-10-17(18,19)13-7-4-8-14-12(13)6-5-11-20-14/h4-11H,1-3H3/b10-9+. The summed E-state index contributed by atoms with van der Waals surface area (Å²) in [5.41, 5.74) is -0.441. The van der Waals surface area contributed by atoms with Crippen molar-refractivity contribution >= 4 is 16.9 Å². The molecule has 0 spiro atoms. The van der Waals surface area contributed by atoms with Crippen molar-refractivity contribution < 1.29 is 18.3 Å². The Bertz CT molecular complexity index is 713. The molecule has 1 aromatic heterocycles. The van der Waals surface area contributed by atoms with E-state index in [2.05, 4.69) is 4.98 Å². The number of fused-ring (bicyclic) bond motifs is 1. The molecule has 5 heteroatoms. The summed E-state index contributed by atoms with van der Waals surface area (Å²) in [5.74, 6) is -4.09. The Morgan fingerprint density at radius 2 is 1.91 bits per heavy atom. The van der Waals surface area contributed by atoms with E-state index in [4.69, 9.17) is 4.74 Å². The number of aromatic nitrogens is 1. The van der Waals surface area contributed by atoms with Gasteiger partial charge in [-0.3, -0.25) is 4.98 Å². The Labute approximate surface area is 127 Å². The number of halogens is 2. The monoisotopic (exact) mass is 305 g/mol. The molecule has 0 bridgehead atoms. The molecule has 0 N–H and O–H groups in total. The van der Waals surface area contributed by atoms with Gasteiger partial charge in [-0.05, 0) is 39.0 Å². The summed E-state index contributed by atoms with van der Waals surface area (Å²) in [4.78, 5) is 15.6. The third-order valence-corrected chi connectivity index (χ3v) is 2.84. The van der Waals surface area contributed by atoms with Crippen LogP contribution in [0.2, 0.25) is 0 Å². The molecule has 2 aromatic rings. The molecule has 0 atom stereocenters. The average molecular weight is 305 g/mol. The maximum absolute atomic E-state index is 14.4. The van der Waals surface area contributed by atoms with Crippen LogP contribution in [0.1, 0.15) is 26.3 Å². The molecule has 0 fully saturated rings.